The third kappa shape index (κ3) is 1.62. The Morgan fingerprint density at radius 2 is 1.93 bits per heavy atom. The summed E-state index contributed by atoms with van der Waals surface area (Å²) in [5.41, 5.74) is 1.23. The summed E-state index contributed by atoms with van der Waals surface area (Å²) in [5.74, 6) is -0.00102. The lowest BCUT2D eigenvalue weighted by Gasteiger charge is -2.12. The molecule has 0 radical (unpaired) electrons. The Hall–Kier alpha value is -1.38. The molecular formula is C11H13NO2. The molecule has 1 aliphatic carbocycles. The van der Waals surface area contributed by atoms with E-state index in [0.29, 0.717) is 17.7 Å². The van der Waals surface area contributed by atoms with E-state index < -0.39 is 0 Å². The van der Waals surface area contributed by atoms with E-state index >= 15 is 0 Å². The fraction of sp³-hybridized carbons (Fsp3) is 0.455. The van der Waals surface area contributed by atoms with Crippen molar-refractivity contribution < 1.29 is 9.59 Å². The van der Waals surface area contributed by atoms with E-state index in [1.165, 1.54) is 12.2 Å². The Kier molecular flexibility index (Phi) is 2.23. The molecule has 0 atom stereocenters. The maximum Gasteiger partial charge on any atom is 0.202 e. The van der Waals surface area contributed by atoms with Crippen LogP contribution in [0.1, 0.15) is 19.8 Å². The van der Waals surface area contributed by atoms with Gasteiger partial charge in [0.1, 0.15) is 0 Å². The summed E-state index contributed by atoms with van der Waals surface area (Å²) in [5, 5.41) is 0. The molecule has 1 aliphatic heterocycles. The van der Waals surface area contributed by atoms with Crippen LogP contribution in [0.4, 0.5) is 0 Å². The summed E-state index contributed by atoms with van der Waals surface area (Å²) in [4.78, 5) is 25.0. The number of allylic oxidation sites excluding steroid dienone is 3. The minimum atomic E-state index is -0.00875. The van der Waals surface area contributed by atoms with Gasteiger partial charge in [0.25, 0.3) is 0 Å². The third-order valence-electron chi connectivity index (χ3n) is 2.45. The van der Waals surface area contributed by atoms with E-state index in [1.54, 1.807) is 0 Å². The Morgan fingerprint density at radius 3 is 2.50 bits per heavy atom. The zero-order chi connectivity index (χ0) is 10.1. The number of carbonyl (C=O) groups excluding carboxylic acids is 2. The van der Waals surface area contributed by atoms with Gasteiger partial charge in [-0.2, -0.15) is 0 Å². The third-order valence-corrected chi connectivity index (χ3v) is 2.45. The quantitative estimate of drug-likeness (QED) is 0.494. The monoisotopic (exact) mass is 191 g/mol. The molecule has 0 aromatic rings. The summed E-state index contributed by atoms with van der Waals surface area (Å²) >= 11 is 0. The lowest BCUT2D eigenvalue weighted by molar-refractivity contribution is -0.115. The number of rotatable bonds is 3. The van der Waals surface area contributed by atoms with Crippen LogP contribution in [0.5, 0.6) is 0 Å². The molecular weight excluding hydrogens is 178 g/mol. The molecule has 14 heavy (non-hydrogen) atoms. The highest BCUT2D eigenvalue weighted by molar-refractivity contribution is 6.19. The minimum Gasteiger partial charge on any atom is -0.365 e. The van der Waals surface area contributed by atoms with Gasteiger partial charge in [0.05, 0.1) is 5.70 Å². The Balaban J connectivity index is 2.18. The molecule has 0 N–H and O–H groups in total. The fourth-order valence-corrected chi connectivity index (χ4v) is 1.59. The van der Waals surface area contributed by atoms with Gasteiger partial charge in [0.2, 0.25) is 5.78 Å². The smallest absolute Gasteiger partial charge is 0.202 e. The summed E-state index contributed by atoms with van der Waals surface area (Å²) in [6.07, 6.45) is 4.59. The molecule has 3 nitrogen and oxygen atoms in total. The summed E-state index contributed by atoms with van der Waals surface area (Å²) in [6.45, 7) is 3.81. The van der Waals surface area contributed by atoms with Gasteiger partial charge in [-0.25, -0.2) is 0 Å². The Bertz CT molecular complexity index is 348. The van der Waals surface area contributed by atoms with Crippen LogP contribution in [-0.2, 0) is 9.59 Å². The highest BCUT2D eigenvalue weighted by atomic mass is 16.1. The summed E-state index contributed by atoms with van der Waals surface area (Å²) in [6, 6.07) is 0. The number of hydrogen-bond acceptors (Lipinski definition) is 3. The van der Waals surface area contributed by atoms with E-state index in [2.05, 4.69) is 0 Å². The molecule has 0 amide bonds. The van der Waals surface area contributed by atoms with E-state index in [0.717, 1.165) is 19.5 Å². The van der Waals surface area contributed by atoms with Crippen LogP contribution >= 0.6 is 0 Å². The number of hydrogen-bond donors (Lipinski definition) is 0. The van der Waals surface area contributed by atoms with E-state index in [9.17, 15) is 9.59 Å². The van der Waals surface area contributed by atoms with Crippen molar-refractivity contribution in [3.05, 3.63) is 23.4 Å². The second-order valence-electron chi connectivity index (χ2n) is 3.66. The highest BCUT2D eigenvalue weighted by Gasteiger charge is 2.29. The van der Waals surface area contributed by atoms with Gasteiger partial charge in [-0.05, 0) is 12.5 Å². The molecule has 0 saturated carbocycles. The lowest BCUT2D eigenvalue weighted by Crippen LogP contribution is -2.17. The lowest BCUT2D eigenvalue weighted by atomic mass is 9.97. The first-order chi connectivity index (χ1) is 6.72. The Morgan fingerprint density at radius 1 is 1.21 bits per heavy atom. The van der Waals surface area contributed by atoms with Gasteiger partial charge in [-0.15, -0.1) is 0 Å². The van der Waals surface area contributed by atoms with E-state index in [-0.39, 0.29) is 11.6 Å². The van der Waals surface area contributed by atoms with Crippen LogP contribution in [0.15, 0.2) is 23.4 Å². The van der Waals surface area contributed by atoms with Crippen molar-refractivity contribution in [1.29, 1.82) is 0 Å². The van der Waals surface area contributed by atoms with Crippen LogP contribution in [0.25, 0.3) is 0 Å². The van der Waals surface area contributed by atoms with Gasteiger partial charge < -0.3 is 4.90 Å². The first-order valence-corrected chi connectivity index (χ1v) is 4.98. The van der Waals surface area contributed by atoms with Gasteiger partial charge in [-0.3, -0.25) is 9.59 Å². The van der Waals surface area contributed by atoms with Crippen molar-refractivity contribution in [2.24, 2.45) is 0 Å². The standard InChI is InChI=1S/C11H13NO2/c1-2-3-8-6-11(14)9(7-10(8)13)12-4-5-12/h6-7H,2-5H2,1H3. The molecule has 0 spiro atoms. The predicted octanol–water partition coefficient (Wildman–Crippen LogP) is 1.06. The number of ketones is 2. The van der Waals surface area contributed by atoms with Crippen LogP contribution in [0.3, 0.4) is 0 Å². The first-order valence-electron chi connectivity index (χ1n) is 4.98. The fourth-order valence-electron chi connectivity index (χ4n) is 1.59. The normalized spacial score (nSPS) is 20.8. The summed E-state index contributed by atoms with van der Waals surface area (Å²) < 4.78 is 0. The molecule has 3 heteroatoms. The van der Waals surface area contributed by atoms with Crippen molar-refractivity contribution in [1.82, 2.24) is 4.90 Å². The van der Waals surface area contributed by atoms with E-state index in [1.807, 2.05) is 11.8 Å². The molecule has 0 aromatic heterocycles. The maximum atomic E-state index is 11.6. The van der Waals surface area contributed by atoms with E-state index in [4.69, 9.17) is 0 Å². The molecule has 1 saturated heterocycles. The zero-order valence-electron chi connectivity index (χ0n) is 8.25. The number of carbonyl (C=O) groups is 2. The predicted molar refractivity (Wildman–Crippen MR) is 52.7 cm³/mol. The SMILES string of the molecule is CCCC1=CC(=O)C(N2CC2)=CC1=O. The molecule has 0 aromatic carbocycles. The van der Waals surface area contributed by atoms with Crippen LogP contribution in [-0.4, -0.2) is 29.6 Å². The highest BCUT2D eigenvalue weighted by Crippen LogP contribution is 2.22. The van der Waals surface area contributed by atoms with Crippen molar-refractivity contribution >= 4 is 11.6 Å². The van der Waals surface area contributed by atoms with Gasteiger partial charge in [-0.1, -0.05) is 13.3 Å². The second-order valence-corrected chi connectivity index (χ2v) is 3.66. The van der Waals surface area contributed by atoms with Gasteiger partial charge in [0, 0.05) is 24.7 Å². The number of nitrogens with zero attached hydrogens (tertiary/aromatic N) is 1. The minimum absolute atomic E-state index is 0.00773. The Labute approximate surface area is 83.1 Å². The van der Waals surface area contributed by atoms with Crippen LogP contribution in [0.2, 0.25) is 0 Å². The second kappa shape index (κ2) is 3.40. The first kappa shape index (κ1) is 9.19. The topological polar surface area (TPSA) is 37.1 Å². The maximum absolute atomic E-state index is 11.6. The van der Waals surface area contributed by atoms with Gasteiger partial charge in [0.15, 0.2) is 5.78 Å². The molecule has 2 rings (SSSR count). The van der Waals surface area contributed by atoms with Crippen LogP contribution < -0.4 is 0 Å². The van der Waals surface area contributed by atoms with Crippen molar-refractivity contribution in [2.75, 3.05) is 13.1 Å². The van der Waals surface area contributed by atoms with Crippen LogP contribution in [0, 0.1) is 0 Å². The average molecular weight is 191 g/mol. The van der Waals surface area contributed by atoms with Crippen molar-refractivity contribution in [2.45, 2.75) is 19.8 Å². The van der Waals surface area contributed by atoms with Gasteiger partial charge >= 0.3 is 0 Å². The zero-order valence-corrected chi connectivity index (χ0v) is 8.25. The van der Waals surface area contributed by atoms with Crippen molar-refractivity contribution in [3.63, 3.8) is 0 Å². The summed E-state index contributed by atoms with van der Waals surface area (Å²) in [7, 11) is 0. The molecule has 0 unspecified atom stereocenters. The molecule has 0 bridgehead atoms. The van der Waals surface area contributed by atoms with Crippen molar-refractivity contribution in [3.8, 4) is 0 Å². The largest absolute Gasteiger partial charge is 0.365 e. The average Bonchev–Trinajstić information content (AvgIpc) is 2.94. The molecule has 1 fully saturated rings. The molecule has 1 heterocycles. The molecule has 2 aliphatic rings. The molecule has 74 valence electrons.